The second-order valence-corrected chi connectivity index (χ2v) is 3.98. The second kappa shape index (κ2) is 6.03. The predicted octanol–water partition coefficient (Wildman–Crippen LogP) is 0.860. The summed E-state index contributed by atoms with van der Waals surface area (Å²) in [7, 11) is 0. The summed E-state index contributed by atoms with van der Waals surface area (Å²) in [6.45, 7) is 6.13. The van der Waals surface area contributed by atoms with Crippen LogP contribution in [0.25, 0.3) is 0 Å². The highest BCUT2D eigenvalue weighted by molar-refractivity contribution is 5.74. The van der Waals surface area contributed by atoms with Crippen molar-refractivity contribution < 1.29 is 9.53 Å². The zero-order chi connectivity index (χ0) is 12.8. The zero-order valence-electron chi connectivity index (χ0n) is 10.4. The SMILES string of the molecule is Cc1cc(OC(C)C)nc(NCCC(N)=O)n1. The number of anilines is 1. The highest BCUT2D eigenvalue weighted by atomic mass is 16.5. The van der Waals surface area contributed by atoms with Crippen molar-refractivity contribution in [1.29, 1.82) is 0 Å². The number of carbonyl (C=O) groups excluding carboxylic acids is 1. The van der Waals surface area contributed by atoms with Crippen molar-refractivity contribution in [2.24, 2.45) is 5.73 Å². The van der Waals surface area contributed by atoms with E-state index in [9.17, 15) is 4.79 Å². The van der Waals surface area contributed by atoms with Crippen molar-refractivity contribution in [3.63, 3.8) is 0 Å². The predicted molar refractivity (Wildman–Crippen MR) is 64.8 cm³/mol. The fourth-order valence-corrected chi connectivity index (χ4v) is 1.22. The molecule has 6 heteroatoms. The number of rotatable bonds is 6. The second-order valence-electron chi connectivity index (χ2n) is 3.98. The fraction of sp³-hybridized carbons (Fsp3) is 0.545. The molecule has 0 bridgehead atoms. The molecule has 0 fully saturated rings. The van der Waals surface area contributed by atoms with Crippen LogP contribution >= 0.6 is 0 Å². The maximum absolute atomic E-state index is 10.6. The maximum Gasteiger partial charge on any atom is 0.226 e. The first-order valence-corrected chi connectivity index (χ1v) is 5.52. The minimum absolute atomic E-state index is 0.0581. The van der Waals surface area contributed by atoms with Crippen LogP contribution in [0, 0.1) is 6.92 Å². The number of hydrogen-bond donors (Lipinski definition) is 2. The van der Waals surface area contributed by atoms with Gasteiger partial charge in [-0.1, -0.05) is 0 Å². The quantitative estimate of drug-likeness (QED) is 0.767. The number of nitrogens with zero attached hydrogens (tertiary/aromatic N) is 2. The minimum atomic E-state index is -0.358. The topological polar surface area (TPSA) is 90.1 Å². The third-order valence-corrected chi connectivity index (χ3v) is 1.84. The molecule has 0 aliphatic carbocycles. The molecule has 0 unspecified atom stereocenters. The molecule has 0 saturated heterocycles. The highest BCUT2D eigenvalue weighted by Gasteiger charge is 2.05. The molecule has 3 N–H and O–H groups in total. The Labute approximate surface area is 101 Å². The first kappa shape index (κ1) is 13.2. The Morgan fingerprint density at radius 3 is 2.82 bits per heavy atom. The lowest BCUT2D eigenvalue weighted by atomic mass is 10.4. The van der Waals surface area contributed by atoms with Crippen LogP contribution in [0.3, 0.4) is 0 Å². The largest absolute Gasteiger partial charge is 0.475 e. The van der Waals surface area contributed by atoms with Gasteiger partial charge in [-0.15, -0.1) is 0 Å². The number of carbonyl (C=O) groups is 1. The van der Waals surface area contributed by atoms with Gasteiger partial charge in [-0.2, -0.15) is 4.98 Å². The molecule has 0 radical (unpaired) electrons. The average Bonchev–Trinajstić information content (AvgIpc) is 2.14. The van der Waals surface area contributed by atoms with Crippen molar-refractivity contribution in [1.82, 2.24) is 9.97 Å². The van der Waals surface area contributed by atoms with E-state index in [0.29, 0.717) is 18.4 Å². The lowest BCUT2D eigenvalue weighted by molar-refractivity contribution is -0.117. The van der Waals surface area contributed by atoms with Gasteiger partial charge in [-0.25, -0.2) is 4.98 Å². The van der Waals surface area contributed by atoms with Gasteiger partial charge >= 0.3 is 0 Å². The Kier molecular flexibility index (Phi) is 4.68. The molecule has 6 nitrogen and oxygen atoms in total. The Morgan fingerprint density at radius 1 is 1.53 bits per heavy atom. The van der Waals surface area contributed by atoms with Crippen LogP contribution in [-0.2, 0) is 4.79 Å². The minimum Gasteiger partial charge on any atom is -0.475 e. The Bertz CT molecular complexity index is 393. The van der Waals surface area contributed by atoms with E-state index in [2.05, 4.69) is 15.3 Å². The van der Waals surface area contributed by atoms with Gasteiger partial charge in [0.1, 0.15) is 0 Å². The molecule has 1 heterocycles. The lowest BCUT2D eigenvalue weighted by Gasteiger charge is -2.11. The van der Waals surface area contributed by atoms with Gasteiger partial charge in [0, 0.05) is 24.7 Å². The van der Waals surface area contributed by atoms with Gasteiger partial charge < -0.3 is 15.8 Å². The van der Waals surface area contributed by atoms with E-state index in [1.807, 2.05) is 20.8 Å². The number of ether oxygens (including phenoxy) is 1. The molecular weight excluding hydrogens is 220 g/mol. The molecule has 1 aromatic heterocycles. The summed E-state index contributed by atoms with van der Waals surface area (Å²) in [5.74, 6) is 0.611. The third-order valence-electron chi connectivity index (χ3n) is 1.84. The van der Waals surface area contributed by atoms with Crippen LogP contribution in [0.5, 0.6) is 5.88 Å². The summed E-state index contributed by atoms with van der Waals surface area (Å²) in [6, 6.07) is 1.76. The van der Waals surface area contributed by atoms with Crippen LogP contribution in [0.2, 0.25) is 0 Å². The van der Waals surface area contributed by atoms with Crippen molar-refractivity contribution in [3.8, 4) is 5.88 Å². The number of primary amides is 1. The summed E-state index contributed by atoms with van der Waals surface area (Å²) in [5.41, 5.74) is 5.84. The van der Waals surface area contributed by atoms with E-state index in [1.54, 1.807) is 6.07 Å². The molecule has 94 valence electrons. The van der Waals surface area contributed by atoms with Gasteiger partial charge in [-0.3, -0.25) is 4.79 Å². The number of nitrogens with one attached hydrogen (secondary N) is 1. The molecular formula is C11H18N4O2. The Morgan fingerprint density at radius 2 is 2.24 bits per heavy atom. The molecule has 0 aromatic carbocycles. The molecule has 0 aliphatic heterocycles. The maximum atomic E-state index is 10.6. The molecule has 0 aliphatic rings. The first-order valence-electron chi connectivity index (χ1n) is 5.52. The van der Waals surface area contributed by atoms with Gasteiger partial charge in [0.25, 0.3) is 0 Å². The van der Waals surface area contributed by atoms with Crippen LogP contribution in [-0.4, -0.2) is 28.5 Å². The number of hydrogen-bond acceptors (Lipinski definition) is 5. The molecule has 1 amide bonds. The van der Waals surface area contributed by atoms with E-state index in [1.165, 1.54) is 0 Å². The van der Waals surface area contributed by atoms with E-state index >= 15 is 0 Å². The molecule has 0 saturated carbocycles. The molecule has 1 rings (SSSR count). The van der Waals surface area contributed by atoms with Crippen molar-refractivity contribution in [3.05, 3.63) is 11.8 Å². The van der Waals surface area contributed by atoms with Gasteiger partial charge in [0.15, 0.2) is 0 Å². The van der Waals surface area contributed by atoms with E-state index in [4.69, 9.17) is 10.5 Å². The lowest BCUT2D eigenvalue weighted by Crippen LogP contribution is -2.17. The van der Waals surface area contributed by atoms with E-state index in [0.717, 1.165) is 5.69 Å². The number of aryl methyl sites for hydroxylation is 1. The van der Waals surface area contributed by atoms with Crippen LogP contribution in [0.15, 0.2) is 6.07 Å². The highest BCUT2D eigenvalue weighted by Crippen LogP contribution is 2.13. The summed E-state index contributed by atoms with van der Waals surface area (Å²) < 4.78 is 5.48. The van der Waals surface area contributed by atoms with Crippen molar-refractivity contribution in [2.45, 2.75) is 33.3 Å². The monoisotopic (exact) mass is 238 g/mol. The summed E-state index contributed by atoms with van der Waals surface area (Å²) in [5, 5.41) is 2.93. The van der Waals surface area contributed by atoms with Crippen LogP contribution in [0.1, 0.15) is 26.0 Å². The van der Waals surface area contributed by atoms with Gasteiger partial charge in [-0.05, 0) is 20.8 Å². The number of nitrogens with two attached hydrogens (primary N) is 1. The summed E-state index contributed by atoms with van der Waals surface area (Å²) in [4.78, 5) is 18.9. The first-order chi connectivity index (χ1) is 7.97. The Hall–Kier alpha value is -1.85. The molecule has 0 atom stereocenters. The fourth-order valence-electron chi connectivity index (χ4n) is 1.22. The normalized spacial score (nSPS) is 10.4. The van der Waals surface area contributed by atoms with Crippen LogP contribution < -0.4 is 15.8 Å². The number of aromatic nitrogens is 2. The van der Waals surface area contributed by atoms with Gasteiger partial charge in [0.05, 0.1) is 6.10 Å². The third kappa shape index (κ3) is 5.14. The summed E-state index contributed by atoms with van der Waals surface area (Å²) in [6.07, 6.45) is 0.306. The molecule has 0 spiro atoms. The van der Waals surface area contributed by atoms with Crippen molar-refractivity contribution >= 4 is 11.9 Å². The van der Waals surface area contributed by atoms with Gasteiger partial charge in [0.2, 0.25) is 17.7 Å². The zero-order valence-corrected chi connectivity index (χ0v) is 10.4. The van der Waals surface area contributed by atoms with E-state index < -0.39 is 0 Å². The standard InChI is InChI=1S/C11H18N4O2/c1-7(2)17-10-6-8(3)14-11(15-10)13-5-4-9(12)16/h6-7H,4-5H2,1-3H3,(H2,12,16)(H,13,14,15). The summed E-state index contributed by atoms with van der Waals surface area (Å²) >= 11 is 0. The van der Waals surface area contributed by atoms with Crippen molar-refractivity contribution in [2.75, 3.05) is 11.9 Å². The smallest absolute Gasteiger partial charge is 0.226 e. The van der Waals surface area contributed by atoms with Crippen LogP contribution in [0.4, 0.5) is 5.95 Å². The average molecular weight is 238 g/mol. The molecule has 1 aromatic rings. The van der Waals surface area contributed by atoms with E-state index in [-0.39, 0.29) is 18.4 Å². The molecule has 17 heavy (non-hydrogen) atoms. The number of amides is 1. The Balaban J connectivity index is 2.65.